The fraction of sp³-hybridized carbons (Fsp3) is 0.227. The summed E-state index contributed by atoms with van der Waals surface area (Å²) >= 11 is 5.94. The van der Waals surface area contributed by atoms with Gasteiger partial charge in [0.1, 0.15) is 24.0 Å². The van der Waals surface area contributed by atoms with Crippen LogP contribution in [0.5, 0.6) is 0 Å². The molecule has 3 aromatic heterocycles. The Morgan fingerprint density at radius 3 is 2.45 bits per heavy atom. The zero-order valence-electron chi connectivity index (χ0n) is 17.3. The molecule has 0 spiro atoms. The average Bonchev–Trinajstić information content (AvgIpc) is 3.52. The molecule has 1 fully saturated rings. The lowest BCUT2D eigenvalue weighted by atomic mass is 10.1. The van der Waals surface area contributed by atoms with E-state index in [1.54, 1.807) is 46.2 Å². The van der Waals surface area contributed by atoms with Gasteiger partial charge in [-0.1, -0.05) is 28.9 Å². The molecule has 168 valence electrons. The molecule has 1 aromatic carbocycles. The Morgan fingerprint density at radius 1 is 1.03 bits per heavy atom. The van der Waals surface area contributed by atoms with E-state index in [0.29, 0.717) is 42.5 Å². The molecule has 0 saturated carbocycles. The van der Waals surface area contributed by atoms with Gasteiger partial charge in [0.15, 0.2) is 5.76 Å². The molecule has 2 amide bonds. The van der Waals surface area contributed by atoms with Gasteiger partial charge in [-0.25, -0.2) is 4.98 Å². The van der Waals surface area contributed by atoms with Crippen molar-refractivity contribution in [3.8, 4) is 11.3 Å². The van der Waals surface area contributed by atoms with Crippen molar-refractivity contribution in [2.75, 3.05) is 26.2 Å². The van der Waals surface area contributed by atoms with Gasteiger partial charge in [0, 0.05) is 36.8 Å². The monoisotopic (exact) mass is 467 g/mol. The maximum atomic E-state index is 13.1. The molecule has 0 N–H and O–H groups in total. The number of hydrogen-bond acceptors (Lipinski definition) is 7. The van der Waals surface area contributed by atoms with E-state index in [4.69, 9.17) is 20.5 Å². The van der Waals surface area contributed by atoms with E-state index < -0.39 is 5.56 Å². The molecule has 0 radical (unpaired) electrons. The van der Waals surface area contributed by atoms with Crippen LogP contribution < -0.4 is 5.56 Å². The highest BCUT2D eigenvalue weighted by atomic mass is 35.5. The van der Waals surface area contributed by atoms with Gasteiger partial charge in [-0.3, -0.25) is 19.0 Å². The van der Waals surface area contributed by atoms with Gasteiger partial charge < -0.3 is 18.7 Å². The Balaban J connectivity index is 1.31. The largest absolute Gasteiger partial charge is 0.459 e. The second-order valence-corrected chi connectivity index (χ2v) is 7.98. The number of benzene rings is 1. The zero-order valence-corrected chi connectivity index (χ0v) is 18.1. The Bertz CT molecular complexity index is 1370. The van der Waals surface area contributed by atoms with E-state index in [9.17, 15) is 14.4 Å². The molecule has 0 aliphatic carbocycles. The van der Waals surface area contributed by atoms with Crippen LogP contribution in [0, 0.1) is 0 Å². The van der Waals surface area contributed by atoms with Crippen LogP contribution in [0.2, 0.25) is 5.02 Å². The summed E-state index contributed by atoms with van der Waals surface area (Å²) < 4.78 is 11.6. The van der Waals surface area contributed by atoms with Crippen LogP contribution in [-0.2, 0) is 11.3 Å². The standard InChI is InChI=1S/C22H18ClN5O5/c23-15-5-3-14(4-6-15)19-18-20(33-25-19)24-13-28(22(18)31)12-17(29)26-7-9-27(10-8-26)21(30)16-2-1-11-32-16/h1-6,11,13H,7-10,12H2. The lowest BCUT2D eigenvalue weighted by Crippen LogP contribution is -2.51. The van der Waals surface area contributed by atoms with Crippen molar-refractivity contribution in [2.45, 2.75) is 6.54 Å². The molecule has 4 aromatic rings. The lowest BCUT2D eigenvalue weighted by Gasteiger charge is -2.34. The molecule has 11 heteroatoms. The molecule has 0 bridgehead atoms. The molecular weight excluding hydrogens is 450 g/mol. The molecular formula is C22H18ClN5O5. The number of rotatable bonds is 4. The van der Waals surface area contributed by atoms with E-state index in [1.807, 2.05) is 0 Å². The first-order valence-electron chi connectivity index (χ1n) is 10.2. The summed E-state index contributed by atoms with van der Waals surface area (Å²) in [7, 11) is 0. The molecule has 0 unspecified atom stereocenters. The van der Waals surface area contributed by atoms with Crippen molar-refractivity contribution < 1.29 is 18.5 Å². The van der Waals surface area contributed by atoms with Gasteiger partial charge in [-0.15, -0.1) is 0 Å². The maximum Gasteiger partial charge on any atom is 0.289 e. The predicted octanol–water partition coefficient (Wildman–Crippen LogP) is 2.28. The van der Waals surface area contributed by atoms with Crippen molar-refractivity contribution in [3.63, 3.8) is 0 Å². The van der Waals surface area contributed by atoms with Gasteiger partial charge in [0.2, 0.25) is 5.91 Å². The van der Waals surface area contributed by atoms with Crippen molar-refractivity contribution in [1.82, 2.24) is 24.5 Å². The number of aromatic nitrogens is 3. The average molecular weight is 468 g/mol. The topological polar surface area (TPSA) is 115 Å². The van der Waals surface area contributed by atoms with Gasteiger partial charge in [0.05, 0.1) is 6.26 Å². The number of amides is 2. The molecule has 1 aliphatic rings. The number of hydrogen-bond donors (Lipinski definition) is 0. The number of halogens is 1. The minimum absolute atomic E-state index is 0.0960. The van der Waals surface area contributed by atoms with E-state index in [2.05, 4.69) is 10.1 Å². The minimum atomic E-state index is -0.425. The van der Waals surface area contributed by atoms with Crippen LogP contribution in [0.1, 0.15) is 10.6 Å². The van der Waals surface area contributed by atoms with Crippen LogP contribution in [-0.4, -0.2) is 62.5 Å². The van der Waals surface area contributed by atoms with Gasteiger partial charge in [-0.2, -0.15) is 0 Å². The van der Waals surface area contributed by atoms with Crippen LogP contribution in [0.4, 0.5) is 0 Å². The lowest BCUT2D eigenvalue weighted by molar-refractivity contribution is -0.133. The van der Waals surface area contributed by atoms with E-state index in [-0.39, 0.29) is 35.2 Å². The highest BCUT2D eigenvalue weighted by molar-refractivity contribution is 6.30. The summed E-state index contributed by atoms with van der Waals surface area (Å²) in [4.78, 5) is 45.8. The second kappa shape index (κ2) is 8.55. The smallest absolute Gasteiger partial charge is 0.289 e. The molecule has 1 aliphatic heterocycles. The summed E-state index contributed by atoms with van der Waals surface area (Å²) in [5.74, 6) is -0.182. The van der Waals surface area contributed by atoms with Crippen molar-refractivity contribution >= 4 is 34.5 Å². The van der Waals surface area contributed by atoms with Gasteiger partial charge in [-0.05, 0) is 24.3 Å². The zero-order chi connectivity index (χ0) is 22.9. The Labute approximate surface area is 191 Å². The quantitative estimate of drug-likeness (QED) is 0.452. The number of carbonyl (C=O) groups excluding carboxylic acids is 2. The van der Waals surface area contributed by atoms with Crippen LogP contribution >= 0.6 is 11.6 Å². The SMILES string of the molecule is O=C(Cn1cnc2onc(-c3ccc(Cl)cc3)c2c1=O)N1CCN(C(=O)c2ccco2)CC1. The number of piperazine rings is 1. The van der Waals surface area contributed by atoms with E-state index >= 15 is 0 Å². The van der Waals surface area contributed by atoms with E-state index in [0.717, 1.165) is 0 Å². The normalized spacial score (nSPS) is 14.1. The first-order chi connectivity index (χ1) is 16.0. The number of furan rings is 1. The highest BCUT2D eigenvalue weighted by Gasteiger charge is 2.27. The Kier molecular flexibility index (Phi) is 5.43. The van der Waals surface area contributed by atoms with Crippen molar-refractivity contribution in [1.29, 1.82) is 0 Å². The number of carbonyl (C=O) groups is 2. The molecule has 5 rings (SSSR count). The van der Waals surface area contributed by atoms with Crippen molar-refractivity contribution in [2.24, 2.45) is 0 Å². The fourth-order valence-electron chi connectivity index (χ4n) is 3.76. The number of nitrogens with zero attached hydrogens (tertiary/aromatic N) is 5. The Hall–Kier alpha value is -3.92. The maximum absolute atomic E-state index is 13.1. The first-order valence-corrected chi connectivity index (χ1v) is 10.6. The van der Waals surface area contributed by atoms with Crippen LogP contribution in [0.3, 0.4) is 0 Å². The third-order valence-electron chi connectivity index (χ3n) is 5.54. The van der Waals surface area contributed by atoms with Gasteiger partial charge >= 0.3 is 0 Å². The molecule has 0 atom stereocenters. The highest BCUT2D eigenvalue weighted by Crippen LogP contribution is 2.25. The van der Waals surface area contributed by atoms with Crippen LogP contribution in [0.15, 0.2) is 62.7 Å². The first kappa shape index (κ1) is 21.0. The van der Waals surface area contributed by atoms with E-state index in [1.165, 1.54) is 17.2 Å². The van der Waals surface area contributed by atoms with Gasteiger partial charge in [0.25, 0.3) is 17.2 Å². The third kappa shape index (κ3) is 4.00. The van der Waals surface area contributed by atoms with Crippen LogP contribution in [0.25, 0.3) is 22.4 Å². The molecule has 10 nitrogen and oxygen atoms in total. The Morgan fingerprint density at radius 2 is 1.76 bits per heavy atom. The second-order valence-electron chi connectivity index (χ2n) is 7.55. The molecule has 33 heavy (non-hydrogen) atoms. The molecule has 4 heterocycles. The fourth-order valence-corrected chi connectivity index (χ4v) is 3.88. The summed E-state index contributed by atoms with van der Waals surface area (Å²) in [6.45, 7) is 1.30. The predicted molar refractivity (Wildman–Crippen MR) is 118 cm³/mol. The van der Waals surface area contributed by atoms with Crippen molar-refractivity contribution in [3.05, 3.63) is 70.1 Å². The number of fused-ring (bicyclic) bond motifs is 1. The summed E-state index contributed by atoms with van der Waals surface area (Å²) in [5, 5.41) is 4.73. The summed E-state index contributed by atoms with van der Waals surface area (Å²) in [6, 6.07) is 10.1. The minimum Gasteiger partial charge on any atom is -0.459 e. The molecule has 1 saturated heterocycles. The third-order valence-corrected chi connectivity index (χ3v) is 5.79. The summed E-state index contributed by atoms with van der Waals surface area (Å²) in [6.07, 6.45) is 2.72. The summed E-state index contributed by atoms with van der Waals surface area (Å²) in [5.41, 5.74) is 0.661.